The Hall–Kier alpha value is -3.94. The van der Waals surface area contributed by atoms with Gasteiger partial charge in [0.1, 0.15) is 22.7 Å². The van der Waals surface area contributed by atoms with E-state index in [1.807, 2.05) is 24.3 Å². The Balaban J connectivity index is 1.71. The van der Waals surface area contributed by atoms with Gasteiger partial charge in [-0.2, -0.15) is 0 Å². The largest absolute Gasteiger partial charge is 0.456 e. The molecule has 1 heterocycles. The Kier molecular flexibility index (Phi) is 3.73. The first kappa shape index (κ1) is 16.5. The summed E-state index contributed by atoms with van der Waals surface area (Å²) in [4.78, 5) is 22.6. The molecule has 0 bridgehead atoms. The van der Waals surface area contributed by atoms with Crippen molar-refractivity contribution in [1.29, 1.82) is 0 Å². The molecular formula is C19H12FN3O4. The van der Waals surface area contributed by atoms with Crippen LogP contribution >= 0.6 is 0 Å². The van der Waals surface area contributed by atoms with Crippen LogP contribution in [0.4, 0.5) is 21.5 Å². The Morgan fingerprint density at radius 1 is 1.07 bits per heavy atom. The number of nitrogens with two attached hydrogens (primary N) is 1. The van der Waals surface area contributed by atoms with Crippen molar-refractivity contribution in [3.8, 4) is 0 Å². The van der Waals surface area contributed by atoms with Crippen LogP contribution in [0.3, 0.4) is 0 Å². The number of hydrogen-bond acceptors (Lipinski definition) is 5. The van der Waals surface area contributed by atoms with Crippen molar-refractivity contribution in [3.05, 3.63) is 76.1 Å². The Morgan fingerprint density at radius 2 is 1.81 bits per heavy atom. The lowest BCUT2D eigenvalue weighted by Crippen LogP contribution is -2.15. The van der Waals surface area contributed by atoms with Crippen LogP contribution < -0.4 is 11.1 Å². The second-order valence-electron chi connectivity index (χ2n) is 5.91. The number of nitrogen functional groups attached to an aromatic ring is 1. The molecule has 1 aromatic heterocycles. The average Bonchev–Trinajstić information content (AvgIpc) is 3.00. The first-order valence-corrected chi connectivity index (χ1v) is 7.90. The zero-order chi connectivity index (χ0) is 19.1. The van der Waals surface area contributed by atoms with Gasteiger partial charge in [0.2, 0.25) is 0 Å². The van der Waals surface area contributed by atoms with E-state index in [4.69, 9.17) is 10.2 Å². The number of carbonyl (C=O) groups is 1. The third-order valence-electron chi connectivity index (χ3n) is 4.20. The fourth-order valence-corrected chi connectivity index (χ4v) is 2.94. The molecule has 7 nitrogen and oxygen atoms in total. The maximum atomic E-state index is 13.6. The van der Waals surface area contributed by atoms with Crippen molar-refractivity contribution in [2.45, 2.75) is 0 Å². The monoisotopic (exact) mass is 365 g/mol. The number of nitro groups is 1. The number of nitrogens with zero attached hydrogens (tertiary/aromatic N) is 1. The molecule has 27 heavy (non-hydrogen) atoms. The van der Waals surface area contributed by atoms with Crippen molar-refractivity contribution >= 4 is 44.9 Å². The topological polar surface area (TPSA) is 111 Å². The number of furan rings is 1. The third kappa shape index (κ3) is 2.82. The van der Waals surface area contributed by atoms with E-state index in [1.165, 1.54) is 0 Å². The molecule has 1 amide bonds. The summed E-state index contributed by atoms with van der Waals surface area (Å²) < 4.78 is 19.4. The first-order valence-electron chi connectivity index (χ1n) is 7.90. The number of fused-ring (bicyclic) bond motifs is 3. The van der Waals surface area contributed by atoms with E-state index in [1.54, 1.807) is 18.2 Å². The third-order valence-corrected chi connectivity index (χ3v) is 4.20. The lowest BCUT2D eigenvalue weighted by atomic mass is 10.1. The summed E-state index contributed by atoms with van der Waals surface area (Å²) in [5.74, 6) is -1.68. The van der Waals surface area contributed by atoms with Crippen LogP contribution in [-0.4, -0.2) is 10.8 Å². The fourth-order valence-electron chi connectivity index (χ4n) is 2.94. The molecule has 0 aliphatic rings. The number of benzene rings is 3. The lowest BCUT2D eigenvalue weighted by Gasteiger charge is -2.08. The van der Waals surface area contributed by atoms with Gasteiger partial charge in [0.05, 0.1) is 16.6 Å². The van der Waals surface area contributed by atoms with Crippen LogP contribution in [0.1, 0.15) is 10.4 Å². The highest BCUT2D eigenvalue weighted by Crippen LogP contribution is 2.31. The molecule has 0 saturated carbocycles. The zero-order valence-electron chi connectivity index (χ0n) is 13.7. The Bertz CT molecular complexity index is 1230. The van der Waals surface area contributed by atoms with Gasteiger partial charge in [0, 0.05) is 22.5 Å². The van der Waals surface area contributed by atoms with Crippen molar-refractivity contribution in [3.63, 3.8) is 0 Å². The van der Waals surface area contributed by atoms with Crippen molar-refractivity contribution in [2.75, 3.05) is 11.1 Å². The highest BCUT2D eigenvalue weighted by molar-refractivity contribution is 6.11. The van der Waals surface area contributed by atoms with Gasteiger partial charge < -0.3 is 15.5 Å². The van der Waals surface area contributed by atoms with Crippen LogP contribution in [0.25, 0.3) is 21.9 Å². The number of nitro benzene ring substituents is 1. The average molecular weight is 365 g/mol. The second kappa shape index (κ2) is 6.10. The van der Waals surface area contributed by atoms with Gasteiger partial charge in [0.15, 0.2) is 0 Å². The van der Waals surface area contributed by atoms with E-state index in [2.05, 4.69) is 5.32 Å². The lowest BCUT2D eigenvalue weighted by molar-refractivity contribution is -0.384. The van der Waals surface area contributed by atoms with Crippen molar-refractivity contribution in [2.24, 2.45) is 0 Å². The summed E-state index contributed by atoms with van der Waals surface area (Å²) in [6.07, 6.45) is 0. The predicted molar refractivity (Wildman–Crippen MR) is 99.1 cm³/mol. The number of nitrogens with one attached hydrogen (secondary N) is 1. The Morgan fingerprint density at radius 3 is 2.59 bits per heavy atom. The SMILES string of the molecule is Nc1c(C(=O)Nc2ccc3c(c2)oc2ccccc23)cc(F)cc1[N+](=O)[O-]. The van der Waals surface area contributed by atoms with Crippen molar-refractivity contribution < 1.29 is 18.5 Å². The van der Waals surface area contributed by atoms with E-state index >= 15 is 0 Å². The molecule has 3 aromatic carbocycles. The summed E-state index contributed by atoms with van der Waals surface area (Å²) in [7, 11) is 0. The number of anilines is 2. The molecule has 8 heteroatoms. The molecule has 0 unspecified atom stereocenters. The number of para-hydroxylation sites is 1. The van der Waals surface area contributed by atoms with Gasteiger partial charge >= 0.3 is 0 Å². The number of rotatable bonds is 3. The van der Waals surface area contributed by atoms with Gasteiger partial charge in [-0.3, -0.25) is 14.9 Å². The standard InChI is InChI=1S/C19H12FN3O4/c20-10-7-14(18(21)15(8-10)23(25)26)19(24)22-11-5-6-13-12-3-1-2-4-16(12)27-17(13)9-11/h1-9H,21H2,(H,22,24). The molecule has 134 valence electrons. The quantitative estimate of drug-likeness (QED) is 0.316. The molecular weight excluding hydrogens is 353 g/mol. The maximum absolute atomic E-state index is 13.6. The summed E-state index contributed by atoms with van der Waals surface area (Å²) in [5, 5.41) is 15.3. The minimum atomic E-state index is -0.922. The minimum absolute atomic E-state index is 0.314. The highest BCUT2D eigenvalue weighted by atomic mass is 19.1. The zero-order valence-corrected chi connectivity index (χ0v) is 13.7. The van der Waals surface area contributed by atoms with Crippen LogP contribution in [0.15, 0.2) is 59.0 Å². The number of amides is 1. The fraction of sp³-hybridized carbons (Fsp3) is 0. The van der Waals surface area contributed by atoms with E-state index in [-0.39, 0.29) is 5.56 Å². The molecule has 0 aliphatic carbocycles. The number of carbonyl (C=O) groups excluding carboxylic acids is 1. The predicted octanol–water partition coefficient (Wildman–Crippen LogP) is 4.47. The summed E-state index contributed by atoms with van der Waals surface area (Å²) in [6.45, 7) is 0. The van der Waals surface area contributed by atoms with E-state index in [0.29, 0.717) is 22.9 Å². The summed E-state index contributed by atoms with van der Waals surface area (Å²) in [5.41, 5.74) is 5.95. The normalized spacial score (nSPS) is 11.0. The molecule has 0 radical (unpaired) electrons. The molecule has 4 aromatic rings. The molecule has 4 rings (SSSR count). The molecule has 0 fully saturated rings. The van der Waals surface area contributed by atoms with Crippen LogP contribution in [0.2, 0.25) is 0 Å². The van der Waals surface area contributed by atoms with E-state index < -0.39 is 28.0 Å². The van der Waals surface area contributed by atoms with Crippen LogP contribution in [0, 0.1) is 15.9 Å². The maximum Gasteiger partial charge on any atom is 0.295 e. The van der Waals surface area contributed by atoms with E-state index in [9.17, 15) is 19.3 Å². The molecule has 3 N–H and O–H groups in total. The first-order chi connectivity index (χ1) is 12.9. The highest BCUT2D eigenvalue weighted by Gasteiger charge is 2.22. The van der Waals surface area contributed by atoms with E-state index in [0.717, 1.165) is 16.8 Å². The second-order valence-corrected chi connectivity index (χ2v) is 5.91. The summed E-state index contributed by atoms with van der Waals surface area (Å²) in [6, 6.07) is 14.1. The van der Waals surface area contributed by atoms with Crippen LogP contribution in [-0.2, 0) is 0 Å². The molecule has 0 atom stereocenters. The number of halogens is 1. The number of hydrogen-bond donors (Lipinski definition) is 2. The van der Waals surface area contributed by atoms with Gasteiger partial charge in [-0.15, -0.1) is 0 Å². The van der Waals surface area contributed by atoms with Gasteiger partial charge in [-0.05, 0) is 24.3 Å². The van der Waals surface area contributed by atoms with Gasteiger partial charge in [0.25, 0.3) is 11.6 Å². The van der Waals surface area contributed by atoms with Crippen LogP contribution in [0.5, 0.6) is 0 Å². The minimum Gasteiger partial charge on any atom is -0.456 e. The van der Waals surface area contributed by atoms with Gasteiger partial charge in [-0.25, -0.2) is 4.39 Å². The smallest absolute Gasteiger partial charge is 0.295 e. The molecule has 0 spiro atoms. The van der Waals surface area contributed by atoms with Crippen molar-refractivity contribution in [1.82, 2.24) is 0 Å². The summed E-state index contributed by atoms with van der Waals surface area (Å²) >= 11 is 0. The Labute approximate surface area is 151 Å². The molecule has 0 aliphatic heterocycles. The van der Waals surface area contributed by atoms with Gasteiger partial charge in [-0.1, -0.05) is 18.2 Å². The molecule has 0 saturated heterocycles.